The minimum Gasteiger partial charge on any atom is -0.383 e. The van der Waals surface area contributed by atoms with Crippen LogP contribution >= 0.6 is 28.4 Å². The zero-order valence-corrected chi connectivity index (χ0v) is 19.7. The second-order valence-electron chi connectivity index (χ2n) is 6.74. The number of amides is 2. The van der Waals surface area contributed by atoms with Crippen molar-refractivity contribution in [1.29, 1.82) is 0 Å². The lowest BCUT2D eigenvalue weighted by atomic mass is 10.0. The second-order valence-corrected chi connectivity index (χ2v) is 8.78. The number of nitrogens with two attached hydrogens (primary N) is 1. The molecule has 2 aromatic heterocycles. The van der Waals surface area contributed by atoms with Crippen molar-refractivity contribution in [1.82, 2.24) is 19.4 Å². The van der Waals surface area contributed by atoms with E-state index in [1.807, 2.05) is 0 Å². The van der Waals surface area contributed by atoms with Crippen LogP contribution in [0.4, 0.5) is 29.1 Å². The van der Waals surface area contributed by atoms with Crippen molar-refractivity contribution in [3.05, 3.63) is 47.5 Å². The van der Waals surface area contributed by atoms with Crippen LogP contribution in [0.1, 0.15) is 24.1 Å². The summed E-state index contributed by atoms with van der Waals surface area (Å²) < 4.78 is 54.2. The molecule has 0 radical (unpaired) electrons. The number of halogens is 5. The van der Waals surface area contributed by atoms with Crippen LogP contribution in [0.3, 0.4) is 0 Å². The molecular formula is C18H16F4IN6O2P. The van der Waals surface area contributed by atoms with E-state index in [1.165, 1.54) is 26.4 Å². The van der Waals surface area contributed by atoms with Gasteiger partial charge < -0.3 is 16.0 Å². The van der Waals surface area contributed by atoms with Crippen molar-refractivity contribution in [2.24, 2.45) is 0 Å². The van der Waals surface area contributed by atoms with Crippen molar-refractivity contribution in [3.8, 4) is 0 Å². The van der Waals surface area contributed by atoms with Gasteiger partial charge in [0.1, 0.15) is 17.2 Å². The van der Waals surface area contributed by atoms with Crippen molar-refractivity contribution in [2.75, 3.05) is 18.1 Å². The lowest BCUT2D eigenvalue weighted by Crippen LogP contribution is -2.39. The van der Waals surface area contributed by atoms with E-state index in [2.05, 4.69) is 37.4 Å². The van der Waals surface area contributed by atoms with E-state index in [1.54, 1.807) is 4.45 Å². The molecule has 1 aromatic carbocycles. The molecule has 14 heteroatoms. The zero-order valence-electron chi connectivity index (χ0n) is 16.5. The SMILES string of the molecule is CC(c1ccc(C(F)(F)F)cc1F)N(C)C(=O)C(=O)Nc1cnc(N)c2cnn(PI)c12. The first-order valence-electron chi connectivity index (χ1n) is 8.89. The summed E-state index contributed by atoms with van der Waals surface area (Å²) in [4.78, 5) is 30.1. The van der Waals surface area contributed by atoms with E-state index in [0.717, 1.165) is 17.0 Å². The Balaban J connectivity index is 1.82. The fraction of sp³-hybridized carbons (Fsp3) is 0.222. The smallest absolute Gasteiger partial charge is 0.383 e. The number of fused-ring (bicyclic) bond motifs is 1. The van der Waals surface area contributed by atoms with Crippen LogP contribution in [-0.2, 0) is 15.8 Å². The highest BCUT2D eigenvalue weighted by molar-refractivity contribution is 14.2. The molecule has 0 aliphatic rings. The molecule has 3 aromatic rings. The van der Waals surface area contributed by atoms with Gasteiger partial charge in [0.2, 0.25) is 0 Å². The monoisotopic (exact) mass is 582 g/mol. The van der Waals surface area contributed by atoms with Gasteiger partial charge in [-0.2, -0.15) is 18.3 Å². The molecule has 0 aliphatic carbocycles. The molecule has 32 heavy (non-hydrogen) atoms. The van der Waals surface area contributed by atoms with Gasteiger partial charge in [-0.3, -0.25) is 9.59 Å². The standard InChI is InChI=1S/C18H16F4IN6O2P/c1-8(10-4-3-9(5-12(10)19)18(20,21)22)28(2)17(31)16(30)27-13-7-25-15(24)11-6-26-29(32-23)14(11)13/h3-8,32H,1-2H3,(H2,24,25)(H,27,30). The third kappa shape index (κ3) is 4.63. The van der Waals surface area contributed by atoms with Crippen LogP contribution in [0.5, 0.6) is 0 Å². The number of alkyl halides is 3. The third-order valence-corrected chi connectivity index (χ3v) is 6.70. The summed E-state index contributed by atoms with van der Waals surface area (Å²) in [5.41, 5.74) is 5.20. The number of benzene rings is 1. The number of hydrogen-bond acceptors (Lipinski definition) is 5. The minimum atomic E-state index is -4.70. The topological polar surface area (TPSA) is 106 Å². The van der Waals surface area contributed by atoms with Gasteiger partial charge in [-0.05, 0) is 41.1 Å². The maximum atomic E-state index is 14.3. The molecule has 0 saturated heterocycles. The number of carbonyl (C=O) groups is 2. The van der Waals surface area contributed by atoms with E-state index in [-0.39, 0.29) is 23.4 Å². The Morgan fingerprint density at radius 2 is 2.00 bits per heavy atom. The zero-order chi connectivity index (χ0) is 23.8. The van der Waals surface area contributed by atoms with E-state index in [4.69, 9.17) is 5.73 Å². The maximum Gasteiger partial charge on any atom is 0.416 e. The second kappa shape index (κ2) is 9.14. The van der Waals surface area contributed by atoms with Crippen LogP contribution in [-0.4, -0.2) is 38.3 Å². The molecule has 8 nitrogen and oxygen atoms in total. The first kappa shape index (κ1) is 24.1. The molecule has 2 amide bonds. The average Bonchev–Trinajstić information content (AvgIpc) is 3.18. The van der Waals surface area contributed by atoms with E-state index < -0.39 is 35.4 Å². The van der Waals surface area contributed by atoms with Crippen molar-refractivity contribution < 1.29 is 27.2 Å². The third-order valence-electron chi connectivity index (χ3n) is 4.83. The van der Waals surface area contributed by atoms with E-state index in [9.17, 15) is 27.2 Å². The van der Waals surface area contributed by atoms with Crippen molar-refractivity contribution in [2.45, 2.75) is 19.1 Å². The van der Waals surface area contributed by atoms with Gasteiger partial charge in [0.05, 0.1) is 41.4 Å². The summed E-state index contributed by atoms with van der Waals surface area (Å²) >= 11 is 2.08. The molecule has 170 valence electrons. The number of hydrogen-bond donors (Lipinski definition) is 2. The van der Waals surface area contributed by atoms with Gasteiger partial charge in [-0.1, -0.05) is 6.07 Å². The summed E-state index contributed by atoms with van der Waals surface area (Å²) in [6, 6.07) is 1.00. The molecule has 0 fully saturated rings. The highest BCUT2D eigenvalue weighted by Crippen LogP contribution is 2.35. The molecule has 2 heterocycles. The van der Waals surface area contributed by atoms with Crippen LogP contribution in [0.25, 0.3) is 10.9 Å². The summed E-state index contributed by atoms with van der Waals surface area (Å²) in [7, 11) is 1.25. The minimum absolute atomic E-state index is 0.164. The lowest BCUT2D eigenvalue weighted by molar-refractivity contribution is -0.143. The van der Waals surface area contributed by atoms with Gasteiger partial charge in [0.15, 0.2) is 0 Å². The number of anilines is 2. The number of rotatable bonds is 4. The molecule has 2 atom stereocenters. The summed E-state index contributed by atoms with van der Waals surface area (Å²) in [6.45, 7) is 1.39. The number of carbonyl (C=O) groups excluding carboxylic acids is 2. The molecule has 0 aliphatic heterocycles. The first-order chi connectivity index (χ1) is 15.0. The molecular weight excluding hydrogens is 566 g/mol. The molecule has 0 spiro atoms. The molecule has 0 saturated carbocycles. The Hall–Kier alpha value is -2.54. The molecule has 3 N–H and O–H groups in total. The predicted molar refractivity (Wildman–Crippen MR) is 121 cm³/mol. The Morgan fingerprint density at radius 3 is 2.59 bits per heavy atom. The average molecular weight is 582 g/mol. The Labute approximate surface area is 193 Å². The fourth-order valence-corrected chi connectivity index (χ4v) is 4.50. The lowest BCUT2D eigenvalue weighted by Gasteiger charge is -2.25. The van der Waals surface area contributed by atoms with E-state index >= 15 is 0 Å². The van der Waals surface area contributed by atoms with Crippen LogP contribution in [0, 0.1) is 5.82 Å². The van der Waals surface area contributed by atoms with Crippen molar-refractivity contribution >= 4 is 62.6 Å². The van der Waals surface area contributed by atoms with Gasteiger partial charge in [-0.15, -0.1) is 0 Å². The summed E-state index contributed by atoms with van der Waals surface area (Å²) in [5.74, 6) is -2.99. The highest BCUT2D eigenvalue weighted by atomic mass is 127. The maximum absolute atomic E-state index is 14.3. The largest absolute Gasteiger partial charge is 0.416 e. The number of nitrogens with zero attached hydrogens (tertiary/aromatic N) is 4. The number of nitrogens with one attached hydrogen (secondary N) is 1. The summed E-state index contributed by atoms with van der Waals surface area (Å²) in [5, 5.41) is 7.10. The number of nitrogen functional groups attached to an aromatic ring is 1. The Morgan fingerprint density at radius 1 is 1.31 bits per heavy atom. The van der Waals surface area contributed by atoms with Gasteiger partial charge >= 0.3 is 18.0 Å². The fourth-order valence-electron chi connectivity index (χ4n) is 2.98. The highest BCUT2D eigenvalue weighted by Gasteiger charge is 2.32. The molecule has 0 bridgehead atoms. The first-order valence-corrected chi connectivity index (χ1v) is 13.0. The van der Waals surface area contributed by atoms with Gasteiger partial charge in [0.25, 0.3) is 0 Å². The number of pyridine rings is 1. The number of likely N-dealkylation sites (N-methyl/N-ethyl adjacent to an activating group) is 1. The summed E-state index contributed by atoms with van der Waals surface area (Å²) in [6.07, 6.45) is -1.74. The normalized spacial score (nSPS) is 13.0. The van der Waals surface area contributed by atoms with Crippen LogP contribution < -0.4 is 11.1 Å². The quantitative estimate of drug-likeness (QED) is 0.209. The van der Waals surface area contributed by atoms with Crippen LogP contribution in [0.15, 0.2) is 30.6 Å². The van der Waals surface area contributed by atoms with Gasteiger partial charge in [0, 0.05) is 12.6 Å². The Kier molecular flexibility index (Phi) is 6.89. The number of aromatic nitrogens is 3. The molecule has 3 rings (SSSR count). The van der Waals surface area contributed by atoms with E-state index in [0.29, 0.717) is 17.0 Å². The Bertz CT molecular complexity index is 1200. The van der Waals surface area contributed by atoms with Gasteiger partial charge in [-0.25, -0.2) is 13.8 Å². The van der Waals surface area contributed by atoms with Crippen LogP contribution in [0.2, 0.25) is 0 Å². The molecule has 2 unspecified atom stereocenters. The predicted octanol–water partition coefficient (Wildman–Crippen LogP) is 4.12. The van der Waals surface area contributed by atoms with Crippen molar-refractivity contribution in [3.63, 3.8) is 0 Å².